The van der Waals surface area contributed by atoms with Gasteiger partial charge in [-0.3, -0.25) is 4.79 Å². The molecule has 0 saturated heterocycles. The number of amides is 1. The standard InChI is InChI=1S/C51H99NO5/c1-3-5-7-9-11-13-15-17-19-20-21-22-23-24-25-26-27-28-29-30-31-33-35-37-39-41-43-45-49(55)51(57)52-47(46-53)50(56)48(54)44-42-40-38-36-34-32-18-16-14-12-10-8-6-4-2/h16,18,36,38,47-50,53-56H,3-15,17,19-35,37,39-46H2,1-2H3,(H,52,57)/b18-16+,38-36+. The van der Waals surface area contributed by atoms with E-state index in [1.807, 2.05) is 0 Å². The van der Waals surface area contributed by atoms with E-state index in [4.69, 9.17) is 0 Å². The maximum atomic E-state index is 12.5. The second-order valence-electron chi connectivity index (χ2n) is 17.5. The minimum atomic E-state index is -1.29. The number of hydrogen-bond acceptors (Lipinski definition) is 5. The van der Waals surface area contributed by atoms with E-state index in [2.05, 4.69) is 43.5 Å². The van der Waals surface area contributed by atoms with Gasteiger partial charge in [0.25, 0.3) is 0 Å². The van der Waals surface area contributed by atoms with Crippen molar-refractivity contribution >= 4 is 5.91 Å². The Balaban J connectivity index is 3.63. The lowest BCUT2D eigenvalue weighted by atomic mass is 10.00. The third-order valence-corrected chi connectivity index (χ3v) is 11.9. The van der Waals surface area contributed by atoms with Crippen molar-refractivity contribution in [2.75, 3.05) is 6.61 Å². The van der Waals surface area contributed by atoms with Crippen LogP contribution >= 0.6 is 0 Å². The molecule has 6 heteroatoms. The van der Waals surface area contributed by atoms with Gasteiger partial charge in [0, 0.05) is 0 Å². The van der Waals surface area contributed by atoms with E-state index in [0.717, 1.165) is 38.5 Å². The molecule has 6 nitrogen and oxygen atoms in total. The fourth-order valence-corrected chi connectivity index (χ4v) is 7.89. The average molecular weight is 806 g/mol. The number of nitrogens with one attached hydrogen (secondary N) is 1. The monoisotopic (exact) mass is 806 g/mol. The molecular weight excluding hydrogens is 707 g/mol. The third kappa shape index (κ3) is 40.0. The predicted molar refractivity (Wildman–Crippen MR) is 247 cm³/mol. The minimum Gasteiger partial charge on any atom is -0.394 e. The first kappa shape index (κ1) is 55.8. The summed E-state index contributed by atoms with van der Waals surface area (Å²) in [7, 11) is 0. The quantitative estimate of drug-likeness (QED) is 0.0311. The Hall–Kier alpha value is -1.21. The van der Waals surface area contributed by atoms with Crippen LogP contribution in [0.4, 0.5) is 0 Å². The maximum absolute atomic E-state index is 12.5. The normalized spacial score (nSPS) is 14.1. The molecule has 0 bridgehead atoms. The molecule has 0 fully saturated rings. The van der Waals surface area contributed by atoms with Crippen LogP contribution in [-0.4, -0.2) is 57.3 Å². The van der Waals surface area contributed by atoms with Gasteiger partial charge >= 0.3 is 0 Å². The zero-order valence-corrected chi connectivity index (χ0v) is 38.1. The predicted octanol–water partition coefficient (Wildman–Crippen LogP) is 13.9. The number of carbonyl (C=O) groups is 1. The molecule has 0 heterocycles. The Labute approximate surface area is 354 Å². The minimum absolute atomic E-state index is 0.364. The van der Waals surface area contributed by atoms with Crippen molar-refractivity contribution in [2.24, 2.45) is 0 Å². The summed E-state index contributed by atoms with van der Waals surface area (Å²) >= 11 is 0. The number of hydrogen-bond donors (Lipinski definition) is 5. The van der Waals surface area contributed by atoms with E-state index in [0.29, 0.717) is 19.3 Å². The molecule has 0 aliphatic heterocycles. The summed E-state index contributed by atoms with van der Waals surface area (Å²) in [5, 5.41) is 43.7. The van der Waals surface area contributed by atoms with Crippen molar-refractivity contribution in [3.63, 3.8) is 0 Å². The van der Waals surface area contributed by atoms with Crippen molar-refractivity contribution in [3.8, 4) is 0 Å². The highest BCUT2D eigenvalue weighted by Gasteiger charge is 2.28. The summed E-state index contributed by atoms with van der Waals surface area (Å²) in [5.41, 5.74) is 0. The number of aliphatic hydroxyl groups excluding tert-OH is 4. The maximum Gasteiger partial charge on any atom is 0.249 e. The Kier molecular flexibility index (Phi) is 44.9. The molecule has 0 rings (SSSR count). The lowest BCUT2D eigenvalue weighted by Gasteiger charge is -2.27. The summed E-state index contributed by atoms with van der Waals surface area (Å²) in [6.45, 7) is 4.04. The molecule has 0 aliphatic carbocycles. The van der Waals surface area contributed by atoms with Crippen LogP contribution in [0.2, 0.25) is 0 Å². The highest BCUT2D eigenvalue weighted by atomic mass is 16.3. The summed E-state index contributed by atoms with van der Waals surface area (Å²) < 4.78 is 0. The van der Waals surface area contributed by atoms with Gasteiger partial charge in [0.2, 0.25) is 5.91 Å². The van der Waals surface area contributed by atoms with Crippen molar-refractivity contribution in [1.82, 2.24) is 5.32 Å². The number of allylic oxidation sites excluding steroid dienone is 4. The van der Waals surface area contributed by atoms with Crippen LogP contribution in [0.3, 0.4) is 0 Å². The van der Waals surface area contributed by atoms with Gasteiger partial charge in [0.05, 0.1) is 18.8 Å². The van der Waals surface area contributed by atoms with Crippen LogP contribution in [-0.2, 0) is 4.79 Å². The van der Waals surface area contributed by atoms with Crippen LogP contribution < -0.4 is 5.32 Å². The molecule has 0 aromatic heterocycles. The molecule has 0 aromatic rings. The molecular formula is C51H99NO5. The van der Waals surface area contributed by atoms with Gasteiger partial charge in [-0.1, -0.05) is 237 Å². The zero-order chi connectivity index (χ0) is 41.7. The smallest absolute Gasteiger partial charge is 0.249 e. The van der Waals surface area contributed by atoms with Gasteiger partial charge in [-0.15, -0.1) is 0 Å². The van der Waals surface area contributed by atoms with E-state index in [1.165, 1.54) is 193 Å². The third-order valence-electron chi connectivity index (χ3n) is 11.9. The second kappa shape index (κ2) is 45.9. The SMILES string of the molecule is CCCCCCC/C=C/CC/C=C/CCCC(O)C(O)C(CO)NC(=O)C(O)CCCCCCCCCCCCCCCCCCCCCCCCCCCCC. The number of unbranched alkanes of at least 4 members (excludes halogenated alkanes) is 33. The van der Waals surface area contributed by atoms with Crippen LogP contribution in [0.1, 0.15) is 264 Å². The molecule has 0 aromatic carbocycles. The van der Waals surface area contributed by atoms with E-state index >= 15 is 0 Å². The molecule has 0 aliphatic rings. The summed E-state index contributed by atoms with van der Waals surface area (Å²) in [6, 6.07) is -1.00. The van der Waals surface area contributed by atoms with Gasteiger partial charge in [0.15, 0.2) is 0 Å². The Morgan fingerprint density at radius 3 is 1.11 bits per heavy atom. The Bertz CT molecular complexity index is 863. The molecule has 4 atom stereocenters. The van der Waals surface area contributed by atoms with Crippen LogP contribution in [0.15, 0.2) is 24.3 Å². The molecule has 57 heavy (non-hydrogen) atoms. The molecule has 5 N–H and O–H groups in total. The number of aliphatic hydroxyl groups is 4. The number of rotatable bonds is 46. The summed E-state index contributed by atoms with van der Waals surface area (Å²) in [6.07, 6.45) is 53.8. The molecule has 4 unspecified atom stereocenters. The topological polar surface area (TPSA) is 110 Å². The van der Waals surface area contributed by atoms with Gasteiger partial charge < -0.3 is 25.7 Å². The first-order chi connectivity index (χ1) is 28.0. The largest absolute Gasteiger partial charge is 0.394 e. The van der Waals surface area contributed by atoms with Crippen molar-refractivity contribution in [1.29, 1.82) is 0 Å². The van der Waals surface area contributed by atoms with E-state index in [-0.39, 0.29) is 0 Å². The van der Waals surface area contributed by atoms with Crippen LogP contribution in [0.5, 0.6) is 0 Å². The molecule has 1 amide bonds. The molecule has 0 spiro atoms. The molecule has 0 radical (unpaired) electrons. The highest BCUT2D eigenvalue weighted by Crippen LogP contribution is 2.17. The van der Waals surface area contributed by atoms with E-state index in [1.54, 1.807) is 0 Å². The lowest BCUT2D eigenvalue weighted by molar-refractivity contribution is -0.132. The van der Waals surface area contributed by atoms with Crippen molar-refractivity contribution < 1.29 is 25.2 Å². The number of carbonyl (C=O) groups excluding carboxylic acids is 1. The van der Waals surface area contributed by atoms with Crippen molar-refractivity contribution in [2.45, 2.75) is 289 Å². The van der Waals surface area contributed by atoms with Gasteiger partial charge in [-0.25, -0.2) is 0 Å². The van der Waals surface area contributed by atoms with Crippen molar-refractivity contribution in [3.05, 3.63) is 24.3 Å². The fraction of sp³-hybridized carbons (Fsp3) is 0.902. The van der Waals surface area contributed by atoms with E-state index < -0.39 is 36.9 Å². The summed E-state index contributed by atoms with van der Waals surface area (Å²) in [4.78, 5) is 12.5. The Morgan fingerprint density at radius 1 is 0.421 bits per heavy atom. The fourth-order valence-electron chi connectivity index (χ4n) is 7.89. The first-order valence-corrected chi connectivity index (χ1v) is 25.2. The second-order valence-corrected chi connectivity index (χ2v) is 17.5. The average Bonchev–Trinajstić information content (AvgIpc) is 3.22. The van der Waals surface area contributed by atoms with Gasteiger partial charge in [0.1, 0.15) is 12.2 Å². The van der Waals surface area contributed by atoms with Gasteiger partial charge in [-0.2, -0.15) is 0 Å². The first-order valence-electron chi connectivity index (χ1n) is 25.2. The highest BCUT2D eigenvalue weighted by molar-refractivity contribution is 5.80. The Morgan fingerprint density at radius 2 is 0.737 bits per heavy atom. The van der Waals surface area contributed by atoms with Gasteiger partial charge in [-0.05, 0) is 51.4 Å². The summed E-state index contributed by atoms with van der Waals surface area (Å²) in [5.74, 6) is -0.594. The van der Waals surface area contributed by atoms with Crippen LogP contribution in [0, 0.1) is 0 Å². The molecule has 338 valence electrons. The molecule has 0 saturated carbocycles. The zero-order valence-electron chi connectivity index (χ0n) is 38.1. The lowest BCUT2D eigenvalue weighted by Crippen LogP contribution is -2.53. The van der Waals surface area contributed by atoms with E-state index in [9.17, 15) is 25.2 Å². The van der Waals surface area contributed by atoms with Crippen LogP contribution in [0.25, 0.3) is 0 Å².